The van der Waals surface area contributed by atoms with E-state index in [4.69, 9.17) is 0 Å². The third-order valence-electron chi connectivity index (χ3n) is 5.35. The number of rotatable bonds is 9. The van der Waals surface area contributed by atoms with Crippen LogP contribution >= 0.6 is 24.0 Å². The maximum absolute atomic E-state index is 12.8. The molecule has 0 aromatic heterocycles. The number of hydrogen-bond acceptors (Lipinski definition) is 3. The summed E-state index contributed by atoms with van der Waals surface area (Å²) in [5.41, 5.74) is 1.20. The van der Waals surface area contributed by atoms with E-state index in [1.165, 1.54) is 15.4 Å². The van der Waals surface area contributed by atoms with Crippen molar-refractivity contribution in [1.29, 1.82) is 0 Å². The Kier molecular flexibility index (Phi) is 12.3. The SMILES string of the molecule is CCN(CC1CCN(C(=NCC(=O)N(C)C)NCCc2ccccc2)C1)CC(F)(F)F.I. The monoisotopic (exact) mass is 569 g/mol. The van der Waals surface area contributed by atoms with E-state index in [0.29, 0.717) is 38.7 Å². The summed E-state index contributed by atoms with van der Waals surface area (Å²) in [5.74, 6) is 0.681. The largest absolute Gasteiger partial charge is 0.401 e. The Morgan fingerprint density at radius 2 is 1.94 bits per heavy atom. The lowest BCUT2D eigenvalue weighted by atomic mass is 10.1. The first-order valence-corrected chi connectivity index (χ1v) is 10.7. The average Bonchev–Trinajstić information content (AvgIpc) is 3.17. The van der Waals surface area contributed by atoms with Crippen molar-refractivity contribution in [3.05, 3.63) is 35.9 Å². The molecule has 32 heavy (non-hydrogen) atoms. The van der Waals surface area contributed by atoms with Crippen molar-refractivity contribution in [2.24, 2.45) is 10.9 Å². The molecule has 1 heterocycles. The topological polar surface area (TPSA) is 51.2 Å². The van der Waals surface area contributed by atoms with Crippen molar-refractivity contribution >= 4 is 35.8 Å². The van der Waals surface area contributed by atoms with E-state index in [-0.39, 0.29) is 42.3 Å². The van der Waals surface area contributed by atoms with Gasteiger partial charge in [-0.1, -0.05) is 37.3 Å². The van der Waals surface area contributed by atoms with Crippen molar-refractivity contribution in [1.82, 2.24) is 20.0 Å². The minimum absolute atomic E-state index is 0. The number of carbonyl (C=O) groups is 1. The van der Waals surface area contributed by atoms with Crippen LogP contribution in [0.1, 0.15) is 18.9 Å². The molecule has 0 saturated carbocycles. The van der Waals surface area contributed by atoms with Crippen LogP contribution in [0.3, 0.4) is 0 Å². The number of guanidine groups is 1. The van der Waals surface area contributed by atoms with E-state index in [1.54, 1.807) is 21.0 Å². The molecule has 1 aromatic carbocycles. The number of hydrogen-bond donors (Lipinski definition) is 1. The number of benzene rings is 1. The molecule has 1 unspecified atom stereocenters. The first-order chi connectivity index (χ1) is 14.7. The number of amides is 1. The Hall–Kier alpha value is -1.56. The molecule has 1 atom stereocenters. The zero-order valence-corrected chi connectivity index (χ0v) is 21.4. The predicted octanol–water partition coefficient (Wildman–Crippen LogP) is 3.09. The van der Waals surface area contributed by atoms with Crippen LogP contribution in [0.2, 0.25) is 0 Å². The third-order valence-corrected chi connectivity index (χ3v) is 5.35. The molecule has 6 nitrogen and oxygen atoms in total. The van der Waals surface area contributed by atoms with Crippen molar-refractivity contribution < 1.29 is 18.0 Å². The minimum Gasteiger partial charge on any atom is -0.356 e. The maximum Gasteiger partial charge on any atom is 0.401 e. The zero-order valence-electron chi connectivity index (χ0n) is 19.1. The summed E-state index contributed by atoms with van der Waals surface area (Å²) in [5, 5.41) is 3.34. The fourth-order valence-corrected chi connectivity index (χ4v) is 3.61. The second kappa shape index (κ2) is 13.9. The van der Waals surface area contributed by atoms with Gasteiger partial charge < -0.3 is 15.1 Å². The van der Waals surface area contributed by atoms with Crippen LogP contribution in [0.4, 0.5) is 13.2 Å². The van der Waals surface area contributed by atoms with Crippen LogP contribution in [-0.4, -0.2) is 92.7 Å². The molecule has 1 amide bonds. The van der Waals surface area contributed by atoms with Gasteiger partial charge in [0.2, 0.25) is 5.91 Å². The zero-order chi connectivity index (χ0) is 22.9. The van der Waals surface area contributed by atoms with Gasteiger partial charge in [-0.2, -0.15) is 13.2 Å². The van der Waals surface area contributed by atoms with E-state index in [2.05, 4.69) is 27.3 Å². The van der Waals surface area contributed by atoms with Gasteiger partial charge in [0.25, 0.3) is 0 Å². The van der Waals surface area contributed by atoms with Gasteiger partial charge in [0.1, 0.15) is 6.54 Å². The molecule has 1 saturated heterocycles. The lowest BCUT2D eigenvalue weighted by molar-refractivity contribution is -0.146. The number of aliphatic imine (C=N–C) groups is 1. The van der Waals surface area contributed by atoms with Crippen LogP contribution in [0, 0.1) is 5.92 Å². The van der Waals surface area contributed by atoms with E-state index in [0.717, 1.165) is 12.8 Å². The van der Waals surface area contributed by atoms with Crippen LogP contribution in [0.25, 0.3) is 0 Å². The Morgan fingerprint density at radius 3 is 2.53 bits per heavy atom. The molecular weight excluding hydrogens is 534 g/mol. The molecule has 1 fully saturated rings. The number of carbonyl (C=O) groups excluding carboxylic acids is 1. The number of likely N-dealkylation sites (tertiary alicyclic amines) is 1. The molecule has 182 valence electrons. The summed E-state index contributed by atoms with van der Waals surface area (Å²) in [4.78, 5) is 21.5. The first kappa shape index (κ1) is 28.5. The molecule has 0 bridgehead atoms. The lowest BCUT2D eigenvalue weighted by Gasteiger charge is -2.26. The Morgan fingerprint density at radius 1 is 1.25 bits per heavy atom. The molecule has 1 aliphatic heterocycles. The van der Waals surface area contributed by atoms with Gasteiger partial charge in [0.05, 0.1) is 6.54 Å². The van der Waals surface area contributed by atoms with E-state index in [9.17, 15) is 18.0 Å². The highest BCUT2D eigenvalue weighted by Gasteiger charge is 2.33. The summed E-state index contributed by atoms with van der Waals surface area (Å²) >= 11 is 0. The van der Waals surface area contributed by atoms with Crippen LogP contribution in [0.15, 0.2) is 35.3 Å². The highest BCUT2D eigenvalue weighted by molar-refractivity contribution is 14.0. The second-order valence-corrected chi connectivity index (χ2v) is 8.13. The van der Waals surface area contributed by atoms with Gasteiger partial charge in [0.15, 0.2) is 5.96 Å². The lowest BCUT2D eigenvalue weighted by Crippen LogP contribution is -2.43. The molecule has 1 aromatic rings. The molecule has 2 rings (SSSR count). The molecule has 0 aliphatic carbocycles. The number of halogens is 4. The summed E-state index contributed by atoms with van der Waals surface area (Å²) in [6.45, 7) is 3.68. The normalized spacial score (nSPS) is 16.8. The molecule has 0 spiro atoms. The van der Waals surface area contributed by atoms with Crippen molar-refractivity contribution in [2.45, 2.75) is 25.9 Å². The highest BCUT2D eigenvalue weighted by Crippen LogP contribution is 2.21. The number of nitrogens with zero attached hydrogens (tertiary/aromatic N) is 4. The fraction of sp³-hybridized carbons (Fsp3) is 0.636. The van der Waals surface area contributed by atoms with Gasteiger partial charge in [-0.25, -0.2) is 4.99 Å². The van der Waals surface area contributed by atoms with Crippen LogP contribution in [0.5, 0.6) is 0 Å². The van der Waals surface area contributed by atoms with Crippen molar-refractivity contribution in [3.8, 4) is 0 Å². The Labute approximate surface area is 206 Å². The smallest absolute Gasteiger partial charge is 0.356 e. The summed E-state index contributed by atoms with van der Waals surface area (Å²) in [6.07, 6.45) is -2.57. The Balaban J connectivity index is 0.00000512. The van der Waals surface area contributed by atoms with Crippen molar-refractivity contribution in [3.63, 3.8) is 0 Å². The van der Waals surface area contributed by atoms with Gasteiger partial charge in [0, 0.05) is 40.3 Å². The number of nitrogens with one attached hydrogen (secondary N) is 1. The minimum atomic E-state index is -4.19. The fourth-order valence-electron chi connectivity index (χ4n) is 3.61. The summed E-state index contributed by atoms with van der Waals surface area (Å²) < 4.78 is 38.3. The van der Waals surface area contributed by atoms with Gasteiger partial charge in [-0.15, -0.1) is 24.0 Å². The van der Waals surface area contributed by atoms with E-state index < -0.39 is 12.7 Å². The van der Waals surface area contributed by atoms with Gasteiger partial charge in [-0.05, 0) is 30.9 Å². The molecule has 1 aliphatic rings. The summed E-state index contributed by atoms with van der Waals surface area (Å²) in [6, 6.07) is 10.1. The highest BCUT2D eigenvalue weighted by atomic mass is 127. The van der Waals surface area contributed by atoms with Crippen LogP contribution < -0.4 is 5.32 Å². The van der Waals surface area contributed by atoms with Gasteiger partial charge >= 0.3 is 6.18 Å². The maximum atomic E-state index is 12.8. The number of alkyl halides is 3. The third kappa shape index (κ3) is 10.4. The molecule has 1 N–H and O–H groups in total. The first-order valence-electron chi connectivity index (χ1n) is 10.7. The predicted molar refractivity (Wildman–Crippen MR) is 132 cm³/mol. The molecule has 0 radical (unpaired) electrons. The van der Waals surface area contributed by atoms with Crippen molar-refractivity contribution in [2.75, 3.05) is 59.9 Å². The molecular formula is C22H35F3IN5O. The van der Waals surface area contributed by atoms with E-state index in [1.807, 2.05) is 18.2 Å². The second-order valence-electron chi connectivity index (χ2n) is 8.13. The standard InChI is InChI=1S/C22H34F3N5O.HI/c1-4-29(17-22(23,24)25)15-19-11-13-30(16-19)21(27-14-20(31)28(2)3)26-12-10-18-8-6-5-7-9-18;/h5-9,19H,4,10-17H2,1-3H3,(H,26,27);1H. The number of likely N-dealkylation sites (N-methyl/N-ethyl adjacent to an activating group) is 1. The van der Waals surface area contributed by atoms with Crippen LogP contribution in [-0.2, 0) is 11.2 Å². The van der Waals surface area contributed by atoms with Gasteiger partial charge in [-0.3, -0.25) is 9.69 Å². The molecule has 10 heteroatoms. The summed E-state index contributed by atoms with van der Waals surface area (Å²) in [7, 11) is 3.37. The average molecular weight is 569 g/mol. The quantitative estimate of drug-likeness (QED) is 0.282. The Bertz CT molecular complexity index is 715. The van der Waals surface area contributed by atoms with E-state index >= 15 is 0 Å².